The van der Waals surface area contributed by atoms with Crippen LogP contribution in [0.25, 0.3) is 28.1 Å². The molecular formula is C29H27N5. The molecule has 34 heavy (non-hydrogen) atoms. The first-order valence-electron chi connectivity index (χ1n) is 11.7. The SMILES string of the molecule is C(CCCCNc1nc(-c2ccccc2)nc2nc[nH]c12)=C(c1ccccc1)c1ccccc1. The molecule has 5 aromatic rings. The molecule has 0 bridgehead atoms. The van der Waals surface area contributed by atoms with Crippen LogP contribution in [-0.4, -0.2) is 26.5 Å². The van der Waals surface area contributed by atoms with Crippen molar-refractivity contribution in [3.05, 3.63) is 115 Å². The van der Waals surface area contributed by atoms with Crippen LogP contribution in [0.2, 0.25) is 0 Å². The Morgan fingerprint density at radius 1 is 0.765 bits per heavy atom. The van der Waals surface area contributed by atoms with Gasteiger partial charge in [0, 0.05) is 12.1 Å². The molecule has 0 amide bonds. The van der Waals surface area contributed by atoms with Gasteiger partial charge in [-0.25, -0.2) is 15.0 Å². The van der Waals surface area contributed by atoms with Gasteiger partial charge in [-0.15, -0.1) is 0 Å². The standard InChI is InChI=1S/C29H27N5/c1-5-13-22(14-6-1)25(23-15-7-2-8-16-23)19-11-4-12-20-30-28-26-29(32-21-31-26)34-27(33-28)24-17-9-3-10-18-24/h1-3,5-10,13-19,21H,4,11-12,20H2,(H2,30,31,32,33,34). The molecule has 0 saturated carbocycles. The lowest BCUT2D eigenvalue weighted by molar-refractivity contribution is 0.778. The number of aromatic amines is 1. The minimum Gasteiger partial charge on any atom is -0.368 e. The zero-order valence-electron chi connectivity index (χ0n) is 19.0. The molecule has 0 unspecified atom stereocenters. The highest BCUT2D eigenvalue weighted by Crippen LogP contribution is 2.25. The topological polar surface area (TPSA) is 66.5 Å². The van der Waals surface area contributed by atoms with E-state index < -0.39 is 0 Å². The van der Waals surface area contributed by atoms with Gasteiger partial charge >= 0.3 is 0 Å². The Balaban J connectivity index is 1.24. The van der Waals surface area contributed by atoms with Crippen LogP contribution in [0.15, 0.2) is 103 Å². The summed E-state index contributed by atoms with van der Waals surface area (Å²) in [7, 11) is 0. The molecule has 0 atom stereocenters. The van der Waals surface area contributed by atoms with E-state index in [1.165, 1.54) is 16.7 Å². The molecular weight excluding hydrogens is 418 g/mol. The van der Waals surface area contributed by atoms with E-state index in [0.29, 0.717) is 11.5 Å². The number of imidazole rings is 1. The molecule has 168 valence electrons. The predicted octanol–water partition coefficient (Wildman–Crippen LogP) is 6.73. The number of rotatable bonds is 9. The fourth-order valence-electron chi connectivity index (χ4n) is 4.04. The minimum atomic E-state index is 0.676. The first kappa shape index (κ1) is 21.6. The van der Waals surface area contributed by atoms with E-state index in [2.05, 4.69) is 87.0 Å². The maximum atomic E-state index is 4.76. The van der Waals surface area contributed by atoms with E-state index in [1.54, 1.807) is 6.33 Å². The Morgan fingerprint density at radius 2 is 1.41 bits per heavy atom. The third-order valence-electron chi connectivity index (χ3n) is 5.76. The number of nitrogens with one attached hydrogen (secondary N) is 2. The normalized spacial score (nSPS) is 10.8. The number of anilines is 1. The van der Waals surface area contributed by atoms with Crippen LogP contribution < -0.4 is 5.32 Å². The molecule has 0 aliphatic rings. The maximum absolute atomic E-state index is 4.76. The van der Waals surface area contributed by atoms with Crippen LogP contribution in [0.5, 0.6) is 0 Å². The maximum Gasteiger partial charge on any atom is 0.183 e. The molecule has 5 nitrogen and oxygen atoms in total. The molecule has 2 heterocycles. The van der Waals surface area contributed by atoms with Crippen LogP contribution in [-0.2, 0) is 0 Å². The van der Waals surface area contributed by atoms with Gasteiger partial charge in [0.15, 0.2) is 17.3 Å². The molecule has 3 aromatic carbocycles. The van der Waals surface area contributed by atoms with Crippen LogP contribution in [0.1, 0.15) is 30.4 Å². The number of benzene rings is 3. The molecule has 0 aliphatic heterocycles. The third-order valence-corrected chi connectivity index (χ3v) is 5.76. The van der Waals surface area contributed by atoms with Gasteiger partial charge in [-0.1, -0.05) is 97.1 Å². The molecule has 5 heteroatoms. The van der Waals surface area contributed by atoms with Crippen molar-refractivity contribution in [3.63, 3.8) is 0 Å². The highest BCUT2D eigenvalue weighted by molar-refractivity contribution is 5.84. The van der Waals surface area contributed by atoms with E-state index in [-0.39, 0.29) is 0 Å². The number of allylic oxidation sites excluding steroid dienone is 1. The summed E-state index contributed by atoms with van der Waals surface area (Å²) in [4.78, 5) is 16.9. The van der Waals surface area contributed by atoms with Gasteiger partial charge in [0.1, 0.15) is 5.52 Å². The highest BCUT2D eigenvalue weighted by Gasteiger charge is 2.11. The van der Waals surface area contributed by atoms with Gasteiger partial charge in [0.25, 0.3) is 0 Å². The first-order chi connectivity index (χ1) is 16.9. The van der Waals surface area contributed by atoms with Gasteiger partial charge in [-0.2, -0.15) is 0 Å². The summed E-state index contributed by atoms with van der Waals surface area (Å²) in [5.74, 6) is 1.48. The third kappa shape index (κ3) is 5.04. The van der Waals surface area contributed by atoms with Crippen molar-refractivity contribution in [1.29, 1.82) is 0 Å². The highest BCUT2D eigenvalue weighted by atomic mass is 15.1. The van der Waals surface area contributed by atoms with Crippen molar-refractivity contribution >= 4 is 22.6 Å². The molecule has 0 aliphatic carbocycles. The molecule has 5 rings (SSSR count). The van der Waals surface area contributed by atoms with Crippen LogP contribution >= 0.6 is 0 Å². The zero-order chi connectivity index (χ0) is 23.0. The van der Waals surface area contributed by atoms with E-state index >= 15 is 0 Å². The average molecular weight is 446 g/mol. The largest absolute Gasteiger partial charge is 0.368 e. The summed E-state index contributed by atoms with van der Waals surface area (Å²) in [5.41, 5.74) is 6.29. The summed E-state index contributed by atoms with van der Waals surface area (Å²) in [5, 5.41) is 3.49. The summed E-state index contributed by atoms with van der Waals surface area (Å²) >= 11 is 0. The van der Waals surface area contributed by atoms with Crippen molar-refractivity contribution in [1.82, 2.24) is 19.9 Å². The van der Waals surface area contributed by atoms with Gasteiger partial charge in [0.05, 0.1) is 6.33 Å². The van der Waals surface area contributed by atoms with Gasteiger partial charge in [-0.3, -0.25) is 0 Å². The molecule has 0 fully saturated rings. The molecule has 0 saturated heterocycles. The molecule has 2 N–H and O–H groups in total. The van der Waals surface area contributed by atoms with E-state index in [1.807, 2.05) is 30.3 Å². The second-order valence-electron chi connectivity index (χ2n) is 8.14. The van der Waals surface area contributed by atoms with Crippen LogP contribution in [0.4, 0.5) is 5.82 Å². The molecule has 0 spiro atoms. The van der Waals surface area contributed by atoms with Crippen LogP contribution in [0.3, 0.4) is 0 Å². The number of hydrogen-bond donors (Lipinski definition) is 2. The summed E-state index contributed by atoms with van der Waals surface area (Å²) in [6.45, 7) is 0.833. The first-order valence-corrected chi connectivity index (χ1v) is 11.7. The average Bonchev–Trinajstić information content (AvgIpc) is 3.39. The summed E-state index contributed by atoms with van der Waals surface area (Å²) in [6.07, 6.45) is 7.15. The number of H-pyrrole nitrogens is 1. The second-order valence-corrected chi connectivity index (χ2v) is 8.14. The van der Waals surface area contributed by atoms with Crippen molar-refractivity contribution in [2.45, 2.75) is 19.3 Å². The van der Waals surface area contributed by atoms with Crippen molar-refractivity contribution < 1.29 is 0 Å². The quantitative estimate of drug-likeness (QED) is 0.247. The van der Waals surface area contributed by atoms with E-state index in [9.17, 15) is 0 Å². The molecule has 2 aromatic heterocycles. The lowest BCUT2D eigenvalue weighted by atomic mass is 9.96. The van der Waals surface area contributed by atoms with Gasteiger partial charge in [0.2, 0.25) is 0 Å². The number of aromatic nitrogens is 4. The van der Waals surface area contributed by atoms with Crippen molar-refractivity contribution in [2.24, 2.45) is 0 Å². The number of unbranched alkanes of at least 4 members (excludes halogenated alkanes) is 2. The number of nitrogens with zero attached hydrogens (tertiary/aromatic N) is 3. The Hall–Kier alpha value is -4.25. The van der Waals surface area contributed by atoms with Crippen LogP contribution in [0, 0.1) is 0 Å². The summed E-state index contributed by atoms with van der Waals surface area (Å²) in [6, 6.07) is 31.2. The Morgan fingerprint density at radius 3 is 2.09 bits per heavy atom. The fraction of sp³-hybridized carbons (Fsp3) is 0.138. The molecule has 0 radical (unpaired) electrons. The monoisotopic (exact) mass is 445 g/mol. The Kier molecular flexibility index (Phi) is 6.72. The van der Waals surface area contributed by atoms with Gasteiger partial charge in [-0.05, 0) is 36.0 Å². The van der Waals surface area contributed by atoms with E-state index in [4.69, 9.17) is 4.98 Å². The second kappa shape index (κ2) is 10.6. The van der Waals surface area contributed by atoms with E-state index in [0.717, 1.165) is 42.7 Å². The lowest BCUT2D eigenvalue weighted by Crippen LogP contribution is -2.05. The smallest absolute Gasteiger partial charge is 0.183 e. The number of fused-ring (bicyclic) bond motifs is 1. The predicted molar refractivity (Wildman–Crippen MR) is 139 cm³/mol. The number of hydrogen-bond acceptors (Lipinski definition) is 4. The Bertz CT molecular complexity index is 1320. The minimum absolute atomic E-state index is 0.676. The zero-order valence-corrected chi connectivity index (χ0v) is 19.0. The van der Waals surface area contributed by atoms with Crippen molar-refractivity contribution in [2.75, 3.05) is 11.9 Å². The fourth-order valence-corrected chi connectivity index (χ4v) is 4.04. The lowest BCUT2D eigenvalue weighted by Gasteiger charge is -2.10. The Labute approximate surface area is 199 Å². The van der Waals surface area contributed by atoms with Crippen molar-refractivity contribution in [3.8, 4) is 11.4 Å². The summed E-state index contributed by atoms with van der Waals surface area (Å²) < 4.78 is 0. The van der Waals surface area contributed by atoms with Gasteiger partial charge < -0.3 is 10.3 Å².